The highest BCUT2D eigenvalue weighted by Gasteiger charge is 2.15. The van der Waals surface area contributed by atoms with Gasteiger partial charge in [-0.25, -0.2) is 4.98 Å². The predicted octanol–water partition coefficient (Wildman–Crippen LogP) is 7.66. The second-order valence-corrected chi connectivity index (χ2v) is 8.76. The molecule has 5 heteroatoms. The number of aromatic nitrogens is 2. The summed E-state index contributed by atoms with van der Waals surface area (Å²) >= 11 is 8.76. The second kappa shape index (κ2) is 8.05. The summed E-state index contributed by atoms with van der Waals surface area (Å²) in [6.07, 6.45) is 2.08. The quantitative estimate of drug-likeness (QED) is 0.292. The summed E-state index contributed by atoms with van der Waals surface area (Å²) in [5.74, 6) is 0.874. The molecule has 1 aromatic heterocycles. The molecule has 0 unspecified atom stereocenters. The molecule has 0 bridgehead atoms. The van der Waals surface area contributed by atoms with E-state index < -0.39 is 0 Å². The van der Waals surface area contributed by atoms with Crippen LogP contribution in [-0.4, -0.2) is 16.2 Å². The fourth-order valence-corrected chi connectivity index (χ4v) is 3.84. The normalized spacial score (nSPS) is 10.9. The van der Waals surface area contributed by atoms with Gasteiger partial charge in [0, 0.05) is 30.5 Å². The molecule has 0 amide bonds. The minimum atomic E-state index is 0.874. The molecule has 4 rings (SSSR count). The van der Waals surface area contributed by atoms with Gasteiger partial charge in [-0.3, -0.25) is 0 Å². The third-order valence-corrected chi connectivity index (χ3v) is 6.12. The van der Waals surface area contributed by atoms with E-state index in [9.17, 15) is 0 Å². The highest BCUT2D eigenvalue weighted by Crippen LogP contribution is 2.34. The Hall–Kier alpha value is -1.82. The van der Waals surface area contributed by atoms with Gasteiger partial charge in [-0.2, -0.15) is 0 Å². The van der Waals surface area contributed by atoms with Crippen LogP contribution in [0.25, 0.3) is 33.9 Å². The number of nitrogens with one attached hydrogen (secondary N) is 1. The molecule has 0 atom stereocenters. The van der Waals surface area contributed by atoms with Gasteiger partial charge in [-0.1, -0.05) is 68.3 Å². The topological polar surface area (TPSA) is 28.7 Å². The van der Waals surface area contributed by atoms with E-state index in [1.165, 1.54) is 4.90 Å². The molecule has 1 heterocycles. The lowest BCUT2D eigenvalue weighted by Gasteiger charge is -2.04. The van der Waals surface area contributed by atoms with Crippen LogP contribution in [-0.2, 0) is 0 Å². The molecule has 4 aromatic rings. The molecule has 0 fully saturated rings. The van der Waals surface area contributed by atoms with Crippen LogP contribution in [0.3, 0.4) is 0 Å². The molecule has 0 spiro atoms. The van der Waals surface area contributed by atoms with Crippen molar-refractivity contribution in [3.05, 3.63) is 81.7 Å². The number of hydrogen-bond acceptors (Lipinski definition) is 2. The lowest BCUT2D eigenvalue weighted by Crippen LogP contribution is -1.83. The Kier molecular flexibility index (Phi) is 5.53. The van der Waals surface area contributed by atoms with Crippen LogP contribution in [0.1, 0.15) is 0 Å². The van der Waals surface area contributed by atoms with Gasteiger partial charge >= 0.3 is 0 Å². The third kappa shape index (κ3) is 4.05. The molecule has 0 aliphatic heterocycles. The van der Waals surface area contributed by atoms with Crippen molar-refractivity contribution in [1.82, 2.24) is 9.97 Å². The number of rotatable bonds is 4. The average Bonchev–Trinajstić information content (AvgIpc) is 3.14. The van der Waals surface area contributed by atoms with E-state index in [2.05, 4.69) is 104 Å². The number of benzene rings is 3. The van der Waals surface area contributed by atoms with E-state index in [1.807, 2.05) is 12.1 Å². The molecular formula is C22H16Br2N2S. The molecular weight excluding hydrogens is 484 g/mol. The van der Waals surface area contributed by atoms with Gasteiger partial charge in [0.25, 0.3) is 0 Å². The molecule has 0 aliphatic carbocycles. The van der Waals surface area contributed by atoms with Crippen LogP contribution >= 0.6 is 43.6 Å². The first-order valence-corrected chi connectivity index (χ1v) is 11.2. The molecule has 2 nitrogen and oxygen atoms in total. The van der Waals surface area contributed by atoms with Crippen LogP contribution in [0.15, 0.2) is 86.6 Å². The Morgan fingerprint density at radius 1 is 0.704 bits per heavy atom. The van der Waals surface area contributed by atoms with Crippen molar-refractivity contribution >= 4 is 43.6 Å². The summed E-state index contributed by atoms with van der Waals surface area (Å²) in [4.78, 5) is 9.73. The Morgan fingerprint density at radius 2 is 1.22 bits per heavy atom. The molecule has 27 heavy (non-hydrogen) atoms. The summed E-state index contributed by atoms with van der Waals surface area (Å²) in [6.45, 7) is 0. The van der Waals surface area contributed by atoms with Crippen molar-refractivity contribution in [2.75, 3.05) is 6.26 Å². The molecule has 0 radical (unpaired) electrons. The Bertz CT molecular complexity index is 990. The van der Waals surface area contributed by atoms with Gasteiger partial charge in [-0.05, 0) is 42.7 Å². The molecule has 0 saturated heterocycles. The van der Waals surface area contributed by atoms with Crippen molar-refractivity contribution in [1.29, 1.82) is 0 Å². The fourth-order valence-electron chi connectivity index (χ4n) is 2.90. The van der Waals surface area contributed by atoms with E-state index >= 15 is 0 Å². The molecule has 134 valence electrons. The van der Waals surface area contributed by atoms with Crippen LogP contribution < -0.4 is 0 Å². The Morgan fingerprint density at radius 3 is 1.78 bits per heavy atom. The number of imidazole rings is 1. The monoisotopic (exact) mass is 498 g/mol. The van der Waals surface area contributed by atoms with Gasteiger partial charge in [0.2, 0.25) is 0 Å². The van der Waals surface area contributed by atoms with Crippen LogP contribution in [0.2, 0.25) is 0 Å². The number of nitrogens with zero attached hydrogens (tertiary/aromatic N) is 1. The van der Waals surface area contributed by atoms with Gasteiger partial charge in [-0.15, -0.1) is 11.8 Å². The number of halogens is 2. The van der Waals surface area contributed by atoms with Crippen molar-refractivity contribution in [3.8, 4) is 33.9 Å². The van der Waals surface area contributed by atoms with Crippen LogP contribution in [0.5, 0.6) is 0 Å². The van der Waals surface area contributed by atoms with Crippen molar-refractivity contribution in [2.45, 2.75) is 4.90 Å². The van der Waals surface area contributed by atoms with Crippen molar-refractivity contribution in [3.63, 3.8) is 0 Å². The summed E-state index contributed by atoms with van der Waals surface area (Å²) < 4.78 is 2.11. The Labute approximate surface area is 179 Å². The maximum Gasteiger partial charge on any atom is 0.138 e. The summed E-state index contributed by atoms with van der Waals surface area (Å²) in [6, 6.07) is 25.0. The first-order valence-electron chi connectivity index (χ1n) is 8.40. The highest BCUT2D eigenvalue weighted by atomic mass is 79.9. The lowest BCUT2D eigenvalue weighted by atomic mass is 10.1. The number of hydrogen-bond donors (Lipinski definition) is 1. The lowest BCUT2D eigenvalue weighted by molar-refractivity contribution is 1.30. The maximum absolute atomic E-state index is 4.95. The maximum atomic E-state index is 4.95. The summed E-state index contributed by atoms with van der Waals surface area (Å²) in [7, 11) is 0. The largest absolute Gasteiger partial charge is 0.337 e. The SMILES string of the molecule is CSc1ccc(-c2nc(-c3ccc(Br)cc3)c(-c3ccc(Br)cc3)[nH]2)cc1. The minimum Gasteiger partial charge on any atom is -0.337 e. The molecule has 1 N–H and O–H groups in total. The first kappa shape index (κ1) is 18.5. The van der Waals surface area contributed by atoms with Gasteiger partial charge < -0.3 is 4.98 Å². The Balaban J connectivity index is 1.85. The summed E-state index contributed by atoms with van der Waals surface area (Å²) in [5.41, 5.74) is 5.24. The third-order valence-electron chi connectivity index (χ3n) is 4.32. The van der Waals surface area contributed by atoms with Crippen molar-refractivity contribution in [2.24, 2.45) is 0 Å². The second-order valence-electron chi connectivity index (χ2n) is 6.05. The number of aromatic amines is 1. The average molecular weight is 500 g/mol. The molecule has 0 saturated carbocycles. The molecule has 0 aliphatic rings. The standard InChI is InChI=1S/C22H16Br2N2S/c1-27-19-12-6-16(7-13-19)22-25-20(14-2-8-17(23)9-3-14)21(26-22)15-4-10-18(24)11-5-15/h2-13H,1H3,(H,25,26). The predicted molar refractivity (Wildman–Crippen MR) is 122 cm³/mol. The zero-order chi connectivity index (χ0) is 18.8. The fraction of sp³-hybridized carbons (Fsp3) is 0.0455. The van der Waals surface area contributed by atoms with Gasteiger partial charge in [0.15, 0.2) is 0 Å². The van der Waals surface area contributed by atoms with E-state index in [1.54, 1.807) is 11.8 Å². The van der Waals surface area contributed by atoms with Crippen LogP contribution in [0, 0.1) is 0 Å². The smallest absolute Gasteiger partial charge is 0.138 e. The van der Waals surface area contributed by atoms with E-state index in [4.69, 9.17) is 4.98 Å². The summed E-state index contributed by atoms with van der Waals surface area (Å²) in [5, 5.41) is 0. The number of H-pyrrole nitrogens is 1. The zero-order valence-electron chi connectivity index (χ0n) is 14.5. The van der Waals surface area contributed by atoms with Crippen LogP contribution in [0.4, 0.5) is 0 Å². The number of thioether (sulfide) groups is 1. The highest BCUT2D eigenvalue weighted by molar-refractivity contribution is 9.10. The minimum absolute atomic E-state index is 0.874. The van der Waals surface area contributed by atoms with Gasteiger partial charge in [0.1, 0.15) is 5.82 Å². The zero-order valence-corrected chi connectivity index (χ0v) is 18.5. The van der Waals surface area contributed by atoms with E-state index in [-0.39, 0.29) is 0 Å². The molecule has 3 aromatic carbocycles. The van der Waals surface area contributed by atoms with E-state index in [0.717, 1.165) is 42.8 Å². The first-order chi connectivity index (χ1) is 13.1. The van der Waals surface area contributed by atoms with E-state index in [0.29, 0.717) is 0 Å². The van der Waals surface area contributed by atoms with Crippen molar-refractivity contribution < 1.29 is 0 Å². The van der Waals surface area contributed by atoms with Gasteiger partial charge in [0.05, 0.1) is 11.4 Å².